The van der Waals surface area contributed by atoms with Gasteiger partial charge in [-0.25, -0.2) is 0 Å². The van der Waals surface area contributed by atoms with Crippen molar-refractivity contribution in [2.45, 2.75) is 111 Å². The molecule has 0 saturated carbocycles. The minimum atomic E-state index is -0.497. The van der Waals surface area contributed by atoms with Crippen molar-refractivity contribution in [3.8, 4) is 0 Å². The number of amides is 4. The molecule has 1 aromatic carbocycles. The molecule has 1 saturated heterocycles. The summed E-state index contributed by atoms with van der Waals surface area (Å²) in [7, 11) is 3.31. The van der Waals surface area contributed by atoms with E-state index in [1.165, 1.54) is 5.56 Å². The lowest BCUT2D eigenvalue weighted by Gasteiger charge is -2.38. The second-order valence-electron chi connectivity index (χ2n) is 12.9. The van der Waals surface area contributed by atoms with Gasteiger partial charge in [-0.2, -0.15) is 0 Å². The predicted octanol–water partition coefficient (Wildman–Crippen LogP) is 4.19. The van der Waals surface area contributed by atoms with Gasteiger partial charge in [0.25, 0.3) is 0 Å². The highest BCUT2D eigenvalue weighted by molar-refractivity contribution is 5.85. The predicted molar refractivity (Wildman–Crippen MR) is 170 cm³/mol. The van der Waals surface area contributed by atoms with Crippen molar-refractivity contribution in [2.75, 3.05) is 27.2 Å². The first-order valence-corrected chi connectivity index (χ1v) is 16.1. The van der Waals surface area contributed by atoms with Crippen molar-refractivity contribution in [2.24, 2.45) is 17.8 Å². The largest absolute Gasteiger partial charge is 0.379 e. The summed E-state index contributed by atoms with van der Waals surface area (Å²) in [6.45, 7) is 12.5. The van der Waals surface area contributed by atoms with E-state index in [1.54, 1.807) is 19.1 Å². The Morgan fingerprint density at radius 2 is 1.72 bits per heavy atom. The number of methoxy groups -OCH3 is 1. The van der Waals surface area contributed by atoms with Gasteiger partial charge in [-0.1, -0.05) is 71.4 Å². The summed E-state index contributed by atoms with van der Waals surface area (Å²) in [5.74, 6) is -0.305. The average molecular weight is 601 g/mol. The summed E-state index contributed by atoms with van der Waals surface area (Å²) < 4.78 is 5.87. The number of carbonyl (C=O) groups excluding carboxylic acids is 4. The smallest absolute Gasteiger partial charge is 0.242 e. The van der Waals surface area contributed by atoms with Crippen molar-refractivity contribution in [3.63, 3.8) is 0 Å². The molecule has 4 amide bonds. The van der Waals surface area contributed by atoms with Crippen LogP contribution >= 0.6 is 0 Å². The van der Waals surface area contributed by atoms with E-state index < -0.39 is 6.10 Å². The minimum absolute atomic E-state index is 0.00670. The lowest BCUT2D eigenvalue weighted by atomic mass is 9.90. The number of hydrogen-bond acceptors (Lipinski definition) is 5. The topological polar surface area (TPSA) is 108 Å². The molecule has 0 bridgehead atoms. The lowest BCUT2D eigenvalue weighted by molar-refractivity contribution is -0.143. The number of likely N-dealkylation sites (tertiary alicyclic amines) is 1. The van der Waals surface area contributed by atoms with Crippen LogP contribution in [0.1, 0.15) is 85.6 Å². The van der Waals surface area contributed by atoms with Gasteiger partial charge >= 0.3 is 0 Å². The van der Waals surface area contributed by atoms with Gasteiger partial charge in [0.2, 0.25) is 23.6 Å². The summed E-state index contributed by atoms with van der Waals surface area (Å²) in [5, 5.41) is 5.87. The summed E-state index contributed by atoms with van der Waals surface area (Å²) in [4.78, 5) is 55.4. The van der Waals surface area contributed by atoms with E-state index in [0.717, 1.165) is 25.7 Å². The van der Waals surface area contributed by atoms with Crippen LogP contribution in [0.4, 0.5) is 0 Å². The quantitative estimate of drug-likeness (QED) is 0.279. The van der Waals surface area contributed by atoms with E-state index in [2.05, 4.69) is 36.6 Å². The molecule has 1 fully saturated rings. The Balaban J connectivity index is 2.00. The molecule has 2 N–H and O–H groups in total. The standard InChI is InChI=1S/C34H56N4O5/c1-9-24(4)33(37(7)32(41)22-35-30(39)18-23(2)3)29(43-8)21-31(40)38-17-13-16-28(38)19-25(5)34(42)36-26(6)20-27-14-11-10-12-15-27/h10-12,14-15,23-26,28-29,33H,9,13,16-22H2,1-8H3,(H,35,39)(H,36,42)/t24-,25+,26+,28-,29?,33-/m0/s1. The number of nitrogens with one attached hydrogen (secondary N) is 2. The van der Waals surface area contributed by atoms with E-state index in [9.17, 15) is 19.2 Å². The fourth-order valence-electron chi connectivity index (χ4n) is 6.11. The van der Waals surface area contributed by atoms with Crippen LogP contribution in [0.2, 0.25) is 0 Å². The van der Waals surface area contributed by atoms with Gasteiger partial charge in [-0.15, -0.1) is 0 Å². The molecular formula is C34H56N4O5. The molecule has 1 aromatic rings. The Kier molecular flexibility index (Phi) is 15.2. The van der Waals surface area contributed by atoms with Crippen molar-refractivity contribution < 1.29 is 23.9 Å². The van der Waals surface area contributed by atoms with Crippen LogP contribution in [0.25, 0.3) is 0 Å². The number of likely N-dealkylation sites (N-methyl/N-ethyl adjacent to an activating group) is 1. The monoisotopic (exact) mass is 600 g/mol. The van der Waals surface area contributed by atoms with Gasteiger partial charge in [-0.05, 0) is 50.0 Å². The Hall–Kier alpha value is -2.94. The van der Waals surface area contributed by atoms with Gasteiger partial charge in [0.05, 0.1) is 25.1 Å². The fourth-order valence-corrected chi connectivity index (χ4v) is 6.11. The van der Waals surface area contributed by atoms with E-state index >= 15 is 0 Å². The Labute approximate surface area is 259 Å². The zero-order chi connectivity index (χ0) is 32.1. The highest BCUT2D eigenvalue weighted by Crippen LogP contribution is 2.27. The summed E-state index contributed by atoms with van der Waals surface area (Å²) in [6, 6.07) is 9.79. The molecule has 6 atom stereocenters. The van der Waals surface area contributed by atoms with E-state index in [-0.39, 0.29) is 72.5 Å². The number of rotatable bonds is 17. The molecule has 9 nitrogen and oxygen atoms in total. The molecule has 0 aliphatic carbocycles. The van der Waals surface area contributed by atoms with Gasteiger partial charge in [0, 0.05) is 45.1 Å². The molecule has 2 rings (SSSR count). The summed E-state index contributed by atoms with van der Waals surface area (Å²) in [6.07, 6.45) is 3.96. The normalized spacial score (nSPS) is 18.4. The number of hydrogen-bond donors (Lipinski definition) is 2. The number of carbonyl (C=O) groups is 4. The Morgan fingerprint density at radius 3 is 2.33 bits per heavy atom. The minimum Gasteiger partial charge on any atom is -0.379 e. The first-order chi connectivity index (χ1) is 20.4. The molecule has 0 radical (unpaired) electrons. The fraction of sp³-hybridized carbons (Fsp3) is 0.706. The molecular weight excluding hydrogens is 544 g/mol. The zero-order valence-corrected chi connectivity index (χ0v) is 27.7. The van der Waals surface area contributed by atoms with Crippen LogP contribution in [-0.2, 0) is 30.3 Å². The summed E-state index contributed by atoms with van der Waals surface area (Å²) >= 11 is 0. The number of ether oxygens (including phenoxy) is 1. The third kappa shape index (κ3) is 11.6. The molecule has 242 valence electrons. The third-order valence-corrected chi connectivity index (χ3v) is 8.70. The maximum absolute atomic E-state index is 13.7. The average Bonchev–Trinajstić information content (AvgIpc) is 3.43. The first kappa shape index (κ1) is 36.3. The molecule has 0 spiro atoms. The van der Waals surface area contributed by atoms with Crippen LogP contribution in [0, 0.1) is 17.8 Å². The van der Waals surface area contributed by atoms with Crippen LogP contribution in [-0.4, -0.2) is 84.9 Å². The SMILES string of the molecule is CC[C@H](C)[C@@H](C(CC(=O)N1CCC[C@H]1C[C@@H](C)C(=O)N[C@H](C)Cc1ccccc1)OC)N(C)C(=O)CNC(=O)CC(C)C. The van der Waals surface area contributed by atoms with Crippen LogP contribution in [0.3, 0.4) is 0 Å². The van der Waals surface area contributed by atoms with Crippen molar-refractivity contribution >= 4 is 23.6 Å². The van der Waals surface area contributed by atoms with Gasteiger partial charge in [-0.3, -0.25) is 19.2 Å². The Bertz CT molecular complexity index is 1030. The molecule has 0 aromatic heterocycles. The highest BCUT2D eigenvalue weighted by atomic mass is 16.5. The second-order valence-corrected chi connectivity index (χ2v) is 12.9. The molecule has 1 heterocycles. The molecule has 1 aliphatic heterocycles. The third-order valence-electron chi connectivity index (χ3n) is 8.70. The van der Waals surface area contributed by atoms with E-state index in [4.69, 9.17) is 4.74 Å². The van der Waals surface area contributed by atoms with Gasteiger partial charge in [0.15, 0.2) is 0 Å². The zero-order valence-electron chi connectivity index (χ0n) is 27.7. The second kappa shape index (κ2) is 18.0. The van der Waals surface area contributed by atoms with Crippen LogP contribution < -0.4 is 10.6 Å². The maximum atomic E-state index is 13.7. The summed E-state index contributed by atoms with van der Waals surface area (Å²) in [5.41, 5.74) is 1.18. The van der Waals surface area contributed by atoms with E-state index in [1.807, 2.05) is 50.8 Å². The molecule has 1 unspecified atom stereocenters. The molecule has 43 heavy (non-hydrogen) atoms. The van der Waals surface area contributed by atoms with Crippen molar-refractivity contribution in [1.29, 1.82) is 0 Å². The maximum Gasteiger partial charge on any atom is 0.242 e. The van der Waals surface area contributed by atoms with Crippen molar-refractivity contribution in [3.05, 3.63) is 35.9 Å². The number of nitrogens with zero attached hydrogens (tertiary/aromatic N) is 2. The Morgan fingerprint density at radius 1 is 1.05 bits per heavy atom. The van der Waals surface area contributed by atoms with Crippen molar-refractivity contribution in [1.82, 2.24) is 20.4 Å². The highest BCUT2D eigenvalue weighted by Gasteiger charge is 2.37. The lowest BCUT2D eigenvalue weighted by Crippen LogP contribution is -2.53. The molecule has 9 heteroatoms. The molecule has 1 aliphatic rings. The van der Waals surface area contributed by atoms with Gasteiger partial charge < -0.3 is 25.2 Å². The number of benzene rings is 1. The van der Waals surface area contributed by atoms with Crippen LogP contribution in [0.5, 0.6) is 0 Å². The van der Waals surface area contributed by atoms with E-state index in [0.29, 0.717) is 19.4 Å². The first-order valence-electron chi connectivity index (χ1n) is 16.1. The van der Waals surface area contributed by atoms with Gasteiger partial charge in [0.1, 0.15) is 0 Å². The van der Waals surface area contributed by atoms with Crippen LogP contribution in [0.15, 0.2) is 30.3 Å².